The van der Waals surface area contributed by atoms with Crippen molar-refractivity contribution in [3.05, 3.63) is 70.9 Å². The lowest BCUT2D eigenvalue weighted by Gasteiger charge is -2.16. The lowest BCUT2D eigenvalue weighted by molar-refractivity contribution is 1.17. The number of hydrogen-bond donors (Lipinski definition) is 2. The molecule has 0 fully saturated rings. The summed E-state index contributed by atoms with van der Waals surface area (Å²) in [5.74, 6) is 0.873. The van der Waals surface area contributed by atoms with E-state index >= 15 is 0 Å². The summed E-state index contributed by atoms with van der Waals surface area (Å²) in [6.07, 6.45) is 4.75. The van der Waals surface area contributed by atoms with Crippen LogP contribution in [0.3, 0.4) is 0 Å². The van der Waals surface area contributed by atoms with E-state index in [4.69, 9.17) is 18.4 Å². The smallest absolute Gasteiger partial charge is 0.229 e. The average Bonchev–Trinajstić information content (AvgIpc) is 2.72. The van der Waals surface area contributed by atoms with Gasteiger partial charge in [0.15, 0.2) is 0 Å². The maximum Gasteiger partial charge on any atom is 0.229 e. The molecule has 0 bridgehead atoms. The van der Waals surface area contributed by atoms with E-state index < -0.39 is 0 Å². The first-order chi connectivity index (χ1) is 14.0. The molecule has 2 N–H and O–H groups in total. The minimum Gasteiger partial charge on any atom is -0.340 e. The Morgan fingerprint density at radius 1 is 1.03 bits per heavy atom. The highest BCUT2D eigenvalue weighted by Gasteiger charge is 2.09. The van der Waals surface area contributed by atoms with Crippen LogP contribution in [0.15, 0.2) is 48.7 Å². The first-order valence-electron chi connectivity index (χ1n) is 8.84. The van der Waals surface area contributed by atoms with Crippen LogP contribution in [-0.2, 0) is 0 Å². The normalized spacial score (nSPS) is 10.3. The summed E-state index contributed by atoms with van der Waals surface area (Å²) in [4.78, 5) is 8.70. The lowest BCUT2D eigenvalue weighted by Crippen LogP contribution is -2.15. The molecule has 3 rings (SSSR count). The third-order valence-electron chi connectivity index (χ3n) is 4.24. The topological polar surface area (TPSA) is 97.4 Å². The van der Waals surface area contributed by atoms with E-state index in [-0.39, 0.29) is 0 Å². The Kier molecular flexibility index (Phi) is 5.92. The van der Waals surface area contributed by atoms with E-state index in [0.717, 1.165) is 28.1 Å². The highest BCUT2D eigenvalue weighted by molar-refractivity contribution is 6.35. The van der Waals surface area contributed by atoms with Gasteiger partial charge in [0.1, 0.15) is 13.7 Å². The molecule has 1 aromatic heterocycles. The zero-order valence-electron chi connectivity index (χ0n) is 16.1. The molecule has 0 unspecified atom stereocenters. The molecule has 2 aromatic carbocycles. The van der Waals surface area contributed by atoms with E-state index in [2.05, 4.69) is 26.7 Å². The fraction of sp³-hybridized carbons (Fsp3) is 0.0909. The largest absolute Gasteiger partial charge is 0.340 e. The SMILES string of the molecule is [B]c1cnc(Nc2ccc(C#N)cc2)nc1Nc1c(C)cc(/C=C/C#N)cc1C. The number of hydrogen-bond acceptors (Lipinski definition) is 6. The minimum atomic E-state index is 0.385. The van der Waals surface area contributed by atoms with Gasteiger partial charge in [-0.1, -0.05) is 0 Å². The van der Waals surface area contributed by atoms with Gasteiger partial charge in [0, 0.05) is 23.6 Å². The van der Waals surface area contributed by atoms with Crippen LogP contribution in [0.25, 0.3) is 6.08 Å². The van der Waals surface area contributed by atoms with Crippen LogP contribution in [0.2, 0.25) is 0 Å². The first kappa shape index (κ1) is 19.7. The fourth-order valence-electron chi connectivity index (χ4n) is 2.85. The summed E-state index contributed by atoms with van der Waals surface area (Å²) in [6, 6.07) is 15.0. The van der Waals surface area contributed by atoms with Gasteiger partial charge in [0.2, 0.25) is 5.95 Å². The van der Waals surface area contributed by atoms with Crippen molar-refractivity contribution in [2.75, 3.05) is 10.6 Å². The molecule has 0 aliphatic rings. The molecule has 6 nitrogen and oxygen atoms in total. The second kappa shape index (κ2) is 8.73. The molecule has 138 valence electrons. The molecular formula is C22H17BN6. The van der Waals surface area contributed by atoms with Gasteiger partial charge in [-0.2, -0.15) is 15.5 Å². The monoisotopic (exact) mass is 376 g/mol. The molecule has 7 heteroatoms. The summed E-state index contributed by atoms with van der Waals surface area (Å²) < 4.78 is 0. The molecule has 0 saturated heterocycles. The Hall–Kier alpha value is -4.10. The Morgan fingerprint density at radius 3 is 2.34 bits per heavy atom. The molecule has 0 spiro atoms. The van der Waals surface area contributed by atoms with Gasteiger partial charge >= 0.3 is 0 Å². The summed E-state index contributed by atoms with van der Waals surface area (Å²) in [5, 5.41) is 24.0. The number of anilines is 4. The number of nitrogens with zero attached hydrogens (tertiary/aromatic N) is 4. The van der Waals surface area contributed by atoms with Crippen molar-refractivity contribution in [2.24, 2.45) is 0 Å². The molecule has 0 amide bonds. The van der Waals surface area contributed by atoms with Crippen LogP contribution >= 0.6 is 0 Å². The second-order valence-electron chi connectivity index (χ2n) is 6.43. The molecule has 0 atom stereocenters. The molecule has 29 heavy (non-hydrogen) atoms. The van der Waals surface area contributed by atoms with Gasteiger partial charge in [-0.05, 0) is 78.5 Å². The van der Waals surface area contributed by atoms with Gasteiger partial charge in [0.25, 0.3) is 0 Å². The van der Waals surface area contributed by atoms with Crippen molar-refractivity contribution in [3.8, 4) is 12.1 Å². The van der Waals surface area contributed by atoms with Crippen LogP contribution in [0.4, 0.5) is 23.1 Å². The van der Waals surface area contributed by atoms with Gasteiger partial charge in [0.05, 0.1) is 17.7 Å². The van der Waals surface area contributed by atoms with Crippen molar-refractivity contribution >= 4 is 42.5 Å². The number of nitrogens with one attached hydrogen (secondary N) is 2. The Labute approximate surface area is 171 Å². The molecule has 0 aliphatic carbocycles. The van der Waals surface area contributed by atoms with Gasteiger partial charge in [-0.25, -0.2) is 4.98 Å². The zero-order valence-corrected chi connectivity index (χ0v) is 16.1. The predicted octanol–water partition coefficient (Wildman–Crippen LogP) is 3.78. The van der Waals surface area contributed by atoms with Crippen LogP contribution in [0.1, 0.15) is 22.3 Å². The molecule has 3 aromatic rings. The second-order valence-corrected chi connectivity index (χ2v) is 6.43. The van der Waals surface area contributed by atoms with Crippen LogP contribution in [0, 0.1) is 36.5 Å². The molecule has 0 saturated carbocycles. The van der Waals surface area contributed by atoms with Crippen molar-refractivity contribution in [1.82, 2.24) is 9.97 Å². The van der Waals surface area contributed by atoms with Gasteiger partial charge in [-0.3, -0.25) is 0 Å². The fourth-order valence-corrected chi connectivity index (χ4v) is 2.85. The molecule has 0 aliphatic heterocycles. The number of nitriles is 2. The predicted molar refractivity (Wildman–Crippen MR) is 116 cm³/mol. The Balaban J connectivity index is 1.86. The minimum absolute atomic E-state index is 0.385. The summed E-state index contributed by atoms with van der Waals surface area (Å²) in [5.41, 5.74) is 5.61. The average molecular weight is 376 g/mol. The van der Waals surface area contributed by atoms with Crippen molar-refractivity contribution in [2.45, 2.75) is 13.8 Å². The number of benzene rings is 2. The number of allylic oxidation sites excluding steroid dienone is 1. The molecule has 1 heterocycles. The van der Waals surface area contributed by atoms with E-state index in [1.54, 1.807) is 30.3 Å². The highest BCUT2D eigenvalue weighted by atomic mass is 15.1. The van der Waals surface area contributed by atoms with E-state index in [0.29, 0.717) is 22.8 Å². The summed E-state index contributed by atoms with van der Waals surface area (Å²) >= 11 is 0. The molecular weight excluding hydrogens is 359 g/mol. The van der Waals surface area contributed by atoms with E-state index in [1.165, 1.54) is 12.3 Å². The quantitative estimate of drug-likeness (QED) is 0.520. The van der Waals surface area contributed by atoms with Gasteiger partial charge < -0.3 is 10.6 Å². The van der Waals surface area contributed by atoms with Crippen molar-refractivity contribution in [3.63, 3.8) is 0 Å². The van der Waals surface area contributed by atoms with Crippen molar-refractivity contribution < 1.29 is 0 Å². The van der Waals surface area contributed by atoms with Crippen molar-refractivity contribution in [1.29, 1.82) is 10.5 Å². The van der Waals surface area contributed by atoms with Crippen LogP contribution in [0.5, 0.6) is 0 Å². The maximum atomic E-state index is 8.89. The van der Waals surface area contributed by atoms with Gasteiger partial charge in [-0.15, -0.1) is 0 Å². The van der Waals surface area contributed by atoms with Crippen LogP contribution in [-0.4, -0.2) is 17.8 Å². The maximum absolute atomic E-state index is 8.89. The number of aromatic nitrogens is 2. The Bertz CT molecular complexity index is 1130. The Morgan fingerprint density at radius 2 is 1.72 bits per heavy atom. The lowest BCUT2D eigenvalue weighted by atomic mass is 9.98. The van der Waals surface area contributed by atoms with E-state index in [9.17, 15) is 0 Å². The number of rotatable bonds is 5. The molecule has 2 radical (unpaired) electrons. The van der Waals surface area contributed by atoms with E-state index in [1.807, 2.05) is 32.0 Å². The summed E-state index contributed by atoms with van der Waals surface area (Å²) in [6.45, 7) is 3.96. The van der Waals surface area contributed by atoms with Crippen LogP contribution < -0.4 is 16.1 Å². The first-order valence-corrected chi connectivity index (χ1v) is 8.84. The zero-order chi connectivity index (χ0) is 20.8. The third-order valence-corrected chi connectivity index (χ3v) is 4.24. The summed E-state index contributed by atoms with van der Waals surface area (Å²) in [7, 11) is 6.07. The number of aryl methyl sites for hydroxylation is 2. The standard InChI is InChI=1S/C22H17BN6/c1-14-10-17(4-3-9-24)11-15(2)20(14)28-21-19(23)13-26-22(29-21)27-18-7-5-16(12-25)6-8-18/h3-8,10-11,13H,1-2H3,(H2,26,27,28,29)/b4-3+. The third kappa shape index (κ3) is 4.80. The highest BCUT2D eigenvalue weighted by Crippen LogP contribution is 2.26.